The number of halogens is 1. The minimum atomic E-state index is 0.228. The summed E-state index contributed by atoms with van der Waals surface area (Å²) in [5, 5.41) is 4.29. The van der Waals surface area contributed by atoms with Crippen molar-refractivity contribution in [3.8, 4) is 0 Å². The average molecular weight is 281 g/mol. The van der Waals surface area contributed by atoms with Crippen molar-refractivity contribution < 1.29 is 0 Å². The number of nitrogens with one attached hydrogen (secondary N) is 1. The molecular formula is C16H25ClN2. The molecule has 1 fully saturated rings. The predicted octanol–water partition coefficient (Wildman–Crippen LogP) is 4.22. The fraction of sp³-hybridized carbons (Fsp3) is 0.625. The second kappa shape index (κ2) is 6.15. The Morgan fingerprint density at radius 2 is 2.16 bits per heavy atom. The molecule has 1 saturated heterocycles. The Morgan fingerprint density at radius 3 is 2.74 bits per heavy atom. The molecule has 1 aromatic rings. The lowest BCUT2D eigenvalue weighted by Crippen LogP contribution is -2.38. The predicted molar refractivity (Wildman–Crippen MR) is 84.1 cm³/mol. The summed E-state index contributed by atoms with van der Waals surface area (Å²) in [6, 6.07) is 6.48. The van der Waals surface area contributed by atoms with E-state index in [1.165, 1.54) is 24.1 Å². The Hall–Kier alpha value is -0.730. The van der Waals surface area contributed by atoms with E-state index in [9.17, 15) is 0 Å². The number of hydrogen-bond donors (Lipinski definition) is 1. The summed E-state index contributed by atoms with van der Waals surface area (Å²) in [5.41, 5.74) is 2.67. The van der Waals surface area contributed by atoms with Crippen molar-refractivity contribution in [3.63, 3.8) is 0 Å². The molecule has 0 amide bonds. The molecule has 1 N–H and O–H groups in total. The van der Waals surface area contributed by atoms with Crippen molar-refractivity contribution in [3.05, 3.63) is 28.8 Å². The third-order valence-corrected chi connectivity index (χ3v) is 4.26. The molecular weight excluding hydrogens is 256 g/mol. The molecule has 0 radical (unpaired) electrons. The van der Waals surface area contributed by atoms with Gasteiger partial charge in [0.15, 0.2) is 0 Å². The Morgan fingerprint density at radius 1 is 1.37 bits per heavy atom. The molecule has 0 aromatic heterocycles. The van der Waals surface area contributed by atoms with Gasteiger partial charge in [-0.1, -0.05) is 24.6 Å². The normalized spacial score (nSPS) is 18.0. The largest absolute Gasteiger partial charge is 0.365 e. The van der Waals surface area contributed by atoms with Crippen LogP contribution < -0.4 is 10.2 Å². The Bertz CT molecular complexity index is 429. The lowest BCUT2D eigenvalue weighted by molar-refractivity contribution is 0.518. The van der Waals surface area contributed by atoms with Gasteiger partial charge in [0.2, 0.25) is 0 Å². The van der Waals surface area contributed by atoms with Crippen LogP contribution in [0.2, 0.25) is 5.02 Å². The van der Waals surface area contributed by atoms with Gasteiger partial charge in [0, 0.05) is 18.6 Å². The first kappa shape index (κ1) is 14.7. The van der Waals surface area contributed by atoms with Gasteiger partial charge in [-0.25, -0.2) is 0 Å². The Labute approximate surface area is 122 Å². The van der Waals surface area contributed by atoms with Crippen LogP contribution in [0.1, 0.15) is 45.6 Å². The zero-order valence-corrected chi connectivity index (χ0v) is 13.1. The van der Waals surface area contributed by atoms with Gasteiger partial charge in [-0.15, -0.1) is 0 Å². The Kier molecular flexibility index (Phi) is 4.75. The summed E-state index contributed by atoms with van der Waals surface area (Å²) in [6.45, 7) is 9.84. The van der Waals surface area contributed by atoms with E-state index in [2.05, 4.69) is 49.2 Å². The third kappa shape index (κ3) is 3.43. The molecule has 0 saturated carbocycles. The van der Waals surface area contributed by atoms with Gasteiger partial charge >= 0.3 is 0 Å². The van der Waals surface area contributed by atoms with Crippen molar-refractivity contribution in [2.24, 2.45) is 0 Å². The van der Waals surface area contributed by atoms with Crippen LogP contribution in [0.25, 0.3) is 0 Å². The molecule has 0 aliphatic carbocycles. The molecule has 1 aliphatic rings. The summed E-state index contributed by atoms with van der Waals surface area (Å²) in [5.74, 6) is 0. The van der Waals surface area contributed by atoms with E-state index >= 15 is 0 Å². The molecule has 19 heavy (non-hydrogen) atoms. The van der Waals surface area contributed by atoms with Crippen LogP contribution in [0.15, 0.2) is 18.2 Å². The number of rotatable bonds is 5. The second-order valence-electron chi connectivity index (χ2n) is 6.03. The molecule has 1 aromatic carbocycles. The molecule has 0 spiro atoms. The standard InChI is InChI=1S/C16H25ClN2/c1-4-9-18-12-13-6-7-15(14(17)11-13)19-10-5-8-16(19,2)3/h6-7,11,18H,4-5,8-10,12H2,1-3H3. The fourth-order valence-electron chi connectivity index (χ4n) is 2.84. The van der Waals surface area contributed by atoms with Gasteiger partial charge in [0.25, 0.3) is 0 Å². The molecule has 2 nitrogen and oxygen atoms in total. The quantitative estimate of drug-likeness (QED) is 0.813. The molecule has 2 rings (SSSR count). The number of benzene rings is 1. The lowest BCUT2D eigenvalue weighted by atomic mass is 10.0. The SMILES string of the molecule is CCCNCc1ccc(N2CCCC2(C)C)c(Cl)c1. The highest BCUT2D eigenvalue weighted by Crippen LogP contribution is 2.37. The molecule has 1 aliphatic heterocycles. The van der Waals surface area contributed by atoms with E-state index in [0.717, 1.165) is 31.1 Å². The van der Waals surface area contributed by atoms with Gasteiger partial charge in [-0.2, -0.15) is 0 Å². The van der Waals surface area contributed by atoms with E-state index < -0.39 is 0 Å². The molecule has 3 heteroatoms. The molecule has 106 valence electrons. The van der Waals surface area contributed by atoms with E-state index in [1.54, 1.807) is 0 Å². The number of anilines is 1. The monoisotopic (exact) mass is 280 g/mol. The summed E-state index contributed by atoms with van der Waals surface area (Å²) in [6.07, 6.45) is 3.65. The van der Waals surface area contributed by atoms with Crippen molar-refractivity contribution >= 4 is 17.3 Å². The van der Waals surface area contributed by atoms with Gasteiger partial charge in [-0.05, 0) is 57.4 Å². The molecule has 0 atom stereocenters. The molecule has 0 unspecified atom stereocenters. The van der Waals surface area contributed by atoms with Crippen LogP contribution in [-0.4, -0.2) is 18.6 Å². The van der Waals surface area contributed by atoms with Crippen LogP contribution in [0, 0.1) is 0 Å². The van der Waals surface area contributed by atoms with Crippen molar-refractivity contribution in [2.45, 2.75) is 52.1 Å². The smallest absolute Gasteiger partial charge is 0.0642 e. The number of nitrogens with zero attached hydrogens (tertiary/aromatic N) is 1. The van der Waals surface area contributed by atoms with Gasteiger partial charge in [0.1, 0.15) is 0 Å². The maximum atomic E-state index is 6.48. The maximum Gasteiger partial charge on any atom is 0.0642 e. The molecule has 0 bridgehead atoms. The second-order valence-corrected chi connectivity index (χ2v) is 6.44. The van der Waals surface area contributed by atoms with Crippen molar-refractivity contribution in [1.29, 1.82) is 0 Å². The van der Waals surface area contributed by atoms with Crippen molar-refractivity contribution in [1.82, 2.24) is 5.32 Å². The van der Waals surface area contributed by atoms with E-state index in [1.807, 2.05) is 0 Å². The van der Waals surface area contributed by atoms with Gasteiger partial charge < -0.3 is 10.2 Å². The highest BCUT2D eigenvalue weighted by Gasteiger charge is 2.32. The maximum absolute atomic E-state index is 6.48. The minimum absolute atomic E-state index is 0.228. The van der Waals surface area contributed by atoms with Crippen molar-refractivity contribution in [2.75, 3.05) is 18.0 Å². The zero-order chi connectivity index (χ0) is 13.9. The fourth-order valence-corrected chi connectivity index (χ4v) is 3.15. The average Bonchev–Trinajstić information content (AvgIpc) is 2.70. The minimum Gasteiger partial charge on any atom is -0.365 e. The summed E-state index contributed by atoms with van der Waals surface area (Å²) >= 11 is 6.48. The van der Waals surface area contributed by atoms with Gasteiger partial charge in [-0.3, -0.25) is 0 Å². The first-order valence-electron chi connectivity index (χ1n) is 7.31. The Balaban J connectivity index is 2.11. The van der Waals surface area contributed by atoms with Crippen LogP contribution in [0.5, 0.6) is 0 Å². The van der Waals surface area contributed by atoms with Crippen LogP contribution in [0.3, 0.4) is 0 Å². The summed E-state index contributed by atoms with van der Waals surface area (Å²) < 4.78 is 0. The van der Waals surface area contributed by atoms with E-state index in [0.29, 0.717) is 0 Å². The highest BCUT2D eigenvalue weighted by molar-refractivity contribution is 6.33. The highest BCUT2D eigenvalue weighted by atomic mass is 35.5. The van der Waals surface area contributed by atoms with E-state index in [-0.39, 0.29) is 5.54 Å². The molecule has 1 heterocycles. The first-order valence-corrected chi connectivity index (χ1v) is 7.69. The zero-order valence-electron chi connectivity index (χ0n) is 12.3. The van der Waals surface area contributed by atoms with E-state index in [4.69, 9.17) is 11.6 Å². The van der Waals surface area contributed by atoms with Crippen LogP contribution >= 0.6 is 11.6 Å². The third-order valence-electron chi connectivity index (χ3n) is 3.96. The van der Waals surface area contributed by atoms with Crippen LogP contribution in [0.4, 0.5) is 5.69 Å². The topological polar surface area (TPSA) is 15.3 Å². The first-order chi connectivity index (χ1) is 9.04. The summed E-state index contributed by atoms with van der Waals surface area (Å²) in [7, 11) is 0. The summed E-state index contributed by atoms with van der Waals surface area (Å²) in [4.78, 5) is 2.44. The number of hydrogen-bond acceptors (Lipinski definition) is 2. The van der Waals surface area contributed by atoms with Crippen LogP contribution in [-0.2, 0) is 6.54 Å². The lowest BCUT2D eigenvalue weighted by Gasteiger charge is -2.34. The van der Waals surface area contributed by atoms with Gasteiger partial charge in [0.05, 0.1) is 10.7 Å².